The second-order valence-corrected chi connectivity index (χ2v) is 7.85. The fourth-order valence-corrected chi connectivity index (χ4v) is 3.84. The van der Waals surface area contributed by atoms with Gasteiger partial charge < -0.3 is 11.1 Å². The Balaban J connectivity index is 0.00000364. The third kappa shape index (κ3) is 7.11. The molecule has 8 heteroatoms. The molecule has 0 saturated carbocycles. The van der Waals surface area contributed by atoms with Crippen LogP contribution in [0.25, 0.3) is 0 Å². The number of guanidine groups is 1. The molecular formula is C19H27IN4O2S. The van der Waals surface area contributed by atoms with Crippen LogP contribution in [-0.4, -0.2) is 27.5 Å². The summed E-state index contributed by atoms with van der Waals surface area (Å²) in [5.74, 6) is 0.254. The van der Waals surface area contributed by atoms with Gasteiger partial charge in [-0.15, -0.1) is 24.0 Å². The molecule has 0 aliphatic rings. The third-order valence-electron chi connectivity index (χ3n) is 3.93. The number of aliphatic imine (C=N–C) groups is 1. The van der Waals surface area contributed by atoms with E-state index in [2.05, 4.69) is 22.0 Å². The van der Waals surface area contributed by atoms with E-state index in [0.717, 1.165) is 17.7 Å². The van der Waals surface area contributed by atoms with Crippen molar-refractivity contribution in [2.24, 2.45) is 10.7 Å². The van der Waals surface area contributed by atoms with Gasteiger partial charge in [0.15, 0.2) is 5.96 Å². The summed E-state index contributed by atoms with van der Waals surface area (Å²) in [7, 11) is -3.56. The number of aryl methyl sites for hydroxylation is 3. The van der Waals surface area contributed by atoms with Crippen LogP contribution < -0.4 is 15.8 Å². The van der Waals surface area contributed by atoms with Crippen LogP contribution in [0.5, 0.6) is 0 Å². The van der Waals surface area contributed by atoms with Crippen LogP contribution in [0, 0.1) is 13.8 Å². The molecule has 0 aromatic heterocycles. The number of halogens is 1. The van der Waals surface area contributed by atoms with Crippen molar-refractivity contribution in [1.29, 1.82) is 0 Å². The second-order valence-electron chi connectivity index (χ2n) is 6.11. The van der Waals surface area contributed by atoms with Crippen molar-refractivity contribution in [3.8, 4) is 0 Å². The first kappa shape index (κ1) is 23.4. The first-order valence-corrected chi connectivity index (χ1v) is 10.0. The van der Waals surface area contributed by atoms with Crippen molar-refractivity contribution >= 4 is 45.6 Å². The highest BCUT2D eigenvalue weighted by Gasteiger charge is 2.16. The lowest BCUT2D eigenvalue weighted by Crippen LogP contribution is -2.29. The minimum atomic E-state index is -3.56. The first-order chi connectivity index (χ1) is 12.3. The Morgan fingerprint density at radius 3 is 2.59 bits per heavy atom. The molecule has 2 rings (SSSR count). The van der Waals surface area contributed by atoms with Gasteiger partial charge in [-0.25, -0.2) is 13.1 Å². The maximum atomic E-state index is 12.4. The highest BCUT2D eigenvalue weighted by atomic mass is 127. The molecule has 0 aliphatic heterocycles. The van der Waals surface area contributed by atoms with Crippen molar-refractivity contribution in [3.63, 3.8) is 0 Å². The van der Waals surface area contributed by atoms with Crippen molar-refractivity contribution in [2.45, 2.75) is 32.1 Å². The van der Waals surface area contributed by atoms with Crippen LogP contribution >= 0.6 is 24.0 Å². The number of rotatable bonds is 7. The van der Waals surface area contributed by atoms with E-state index >= 15 is 0 Å². The highest BCUT2D eigenvalue weighted by molar-refractivity contribution is 14.0. The molecule has 0 unspecified atom stereocenters. The molecule has 0 aliphatic carbocycles. The lowest BCUT2D eigenvalue weighted by molar-refractivity contribution is 0.581. The lowest BCUT2D eigenvalue weighted by atomic mass is 10.1. The monoisotopic (exact) mass is 502 g/mol. The smallest absolute Gasteiger partial charge is 0.240 e. The molecule has 2 aromatic carbocycles. The third-order valence-corrected chi connectivity index (χ3v) is 5.53. The Morgan fingerprint density at radius 1 is 1.15 bits per heavy atom. The zero-order valence-electron chi connectivity index (χ0n) is 15.8. The normalized spacial score (nSPS) is 11.7. The molecule has 0 atom stereocenters. The van der Waals surface area contributed by atoms with Crippen molar-refractivity contribution in [3.05, 3.63) is 59.2 Å². The highest BCUT2D eigenvalue weighted by Crippen LogP contribution is 2.16. The molecule has 148 valence electrons. The van der Waals surface area contributed by atoms with Crippen LogP contribution in [0.4, 0.5) is 5.69 Å². The topological polar surface area (TPSA) is 96.6 Å². The average molecular weight is 502 g/mol. The molecule has 0 bridgehead atoms. The largest absolute Gasteiger partial charge is 0.370 e. The molecular weight excluding hydrogens is 475 g/mol. The van der Waals surface area contributed by atoms with Gasteiger partial charge in [-0.05, 0) is 55.2 Å². The SMILES string of the molecule is CCc1cccc(NC(N)=NCCNS(=O)(=O)c2cc(C)ccc2C)c1.I. The van der Waals surface area contributed by atoms with E-state index in [1.54, 1.807) is 19.1 Å². The Hall–Kier alpha value is -1.65. The molecule has 0 spiro atoms. The number of nitrogens with one attached hydrogen (secondary N) is 2. The van der Waals surface area contributed by atoms with Gasteiger partial charge in [-0.1, -0.05) is 31.2 Å². The van der Waals surface area contributed by atoms with Crippen molar-refractivity contribution in [1.82, 2.24) is 4.72 Å². The maximum absolute atomic E-state index is 12.4. The van der Waals surface area contributed by atoms with Gasteiger partial charge in [0.25, 0.3) is 0 Å². The number of benzene rings is 2. The van der Waals surface area contributed by atoms with Gasteiger partial charge in [-0.2, -0.15) is 0 Å². The van der Waals surface area contributed by atoms with Gasteiger partial charge in [0.2, 0.25) is 10.0 Å². The number of nitrogens with two attached hydrogens (primary N) is 1. The minimum Gasteiger partial charge on any atom is -0.370 e. The number of sulfonamides is 1. The van der Waals surface area contributed by atoms with E-state index in [1.165, 1.54) is 5.56 Å². The van der Waals surface area contributed by atoms with E-state index in [1.807, 2.05) is 37.3 Å². The summed E-state index contributed by atoms with van der Waals surface area (Å²) < 4.78 is 27.4. The average Bonchev–Trinajstić information content (AvgIpc) is 2.61. The van der Waals surface area contributed by atoms with Crippen molar-refractivity contribution in [2.75, 3.05) is 18.4 Å². The fraction of sp³-hybridized carbons (Fsp3) is 0.316. The van der Waals surface area contributed by atoms with Crippen LogP contribution in [0.2, 0.25) is 0 Å². The summed E-state index contributed by atoms with van der Waals surface area (Å²) >= 11 is 0. The van der Waals surface area contributed by atoms with Crippen LogP contribution in [0.15, 0.2) is 52.4 Å². The standard InChI is InChI=1S/C19H26N4O2S.HI/c1-4-16-6-5-7-17(13-16)23-19(20)21-10-11-22-26(24,25)18-12-14(2)8-9-15(18)3;/h5-9,12-13,22H,4,10-11H2,1-3H3,(H3,20,21,23);1H. The quantitative estimate of drug-likeness (QED) is 0.235. The van der Waals surface area contributed by atoms with Crippen LogP contribution in [-0.2, 0) is 16.4 Å². The summed E-state index contributed by atoms with van der Waals surface area (Å²) in [5.41, 5.74) is 9.54. The molecule has 4 N–H and O–H groups in total. The molecule has 0 saturated heterocycles. The Kier molecular flexibility index (Phi) is 9.20. The summed E-state index contributed by atoms with van der Waals surface area (Å²) in [5, 5.41) is 3.01. The zero-order valence-corrected chi connectivity index (χ0v) is 19.0. The summed E-state index contributed by atoms with van der Waals surface area (Å²) in [6.45, 7) is 6.14. The molecule has 2 aromatic rings. The molecule has 0 radical (unpaired) electrons. The summed E-state index contributed by atoms with van der Waals surface area (Å²) in [6, 6.07) is 13.3. The number of anilines is 1. The first-order valence-electron chi connectivity index (χ1n) is 8.54. The number of hydrogen-bond donors (Lipinski definition) is 3. The Morgan fingerprint density at radius 2 is 1.89 bits per heavy atom. The molecule has 27 heavy (non-hydrogen) atoms. The van der Waals surface area contributed by atoms with Crippen LogP contribution in [0.1, 0.15) is 23.6 Å². The zero-order chi connectivity index (χ0) is 19.2. The second kappa shape index (κ2) is 10.6. The van der Waals surface area contributed by atoms with E-state index in [0.29, 0.717) is 10.5 Å². The van der Waals surface area contributed by atoms with Gasteiger partial charge in [-0.3, -0.25) is 4.99 Å². The van der Waals surface area contributed by atoms with Gasteiger partial charge in [0, 0.05) is 12.2 Å². The molecule has 0 fully saturated rings. The Bertz CT molecular complexity index is 898. The maximum Gasteiger partial charge on any atom is 0.240 e. The fourth-order valence-electron chi connectivity index (χ4n) is 2.49. The van der Waals surface area contributed by atoms with E-state index in [-0.39, 0.29) is 43.0 Å². The van der Waals surface area contributed by atoms with E-state index < -0.39 is 10.0 Å². The van der Waals surface area contributed by atoms with E-state index in [9.17, 15) is 8.42 Å². The number of hydrogen-bond acceptors (Lipinski definition) is 3. The predicted octanol–water partition coefficient (Wildman–Crippen LogP) is 3.19. The minimum absolute atomic E-state index is 0. The van der Waals surface area contributed by atoms with Gasteiger partial charge in [0.05, 0.1) is 11.4 Å². The Labute approximate surface area is 178 Å². The van der Waals surface area contributed by atoms with E-state index in [4.69, 9.17) is 5.73 Å². The molecule has 0 amide bonds. The predicted molar refractivity (Wildman–Crippen MR) is 122 cm³/mol. The van der Waals surface area contributed by atoms with Gasteiger partial charge >= 0.3 is 0 Å². The molecule has 0 heterocycles. The molecule has 6 nitrogen and oxygen atoms in total. The lowest BCUT2D eigenvalue weighted by Gasteiger charge is -2.10. The summed E-state index contributed by atoms with van der Waals surface area (Å²) in [6.07, 6.45) is 0.937. The van der Waals surface area contributed by atoms with Crippen molar-refractivity contribution < 1.29 is 8.42 Å². The van der Waals surface area contributed by atoms with Crippen LogP contribution in [0.3, 0.4) is 0 Å². The van der Waals surface area contributed by atoms with Gasteiger partial charge in [0.1, 0.15) is 0 Å². The summed E-state index contributed by atoms with van der Waals surface area (Å²) in [4.78, 5) is 4.46. The number of nitrogens with zero attached hydrogens (tertiary/aromatic N) is 1.